The van der Waals surface area contributed by atoms with Gasteiger partial charge < -0.3 is 9.47 Å². The molecular weight excluding hydrogens is 264 g/mol. The molecule has 2 rings (SSSR count). The molecule has 0 amide bonds. The third-order valence-electron chi connectivity index (χ3n) is 3.41. The largest absolute Gasteiger partial charge is 0.493 e. The molecule has 1 heterocycles. The highest BCUT2D eigenvalue weighted by Crippen LogP contribution is 2.37. The quantitative estimate of drug-likeness (QED) is 0.901. The van der Waals surface area contributed by atoms with E-state index < -0.39 is 0 Å². The predicted octanol–water partition coefficient (Wildman–Crippen LogP) is 2.85. The number of benzene rings is 1. The molecule has 0 unspecified atom stereocenters. The molecule has 1 aliphatic rings. The van der Waals surface area contributed by atoms with E-state index in [-0.39, 0.29) is 0 Å². The van der Waals surface area contributed by atoms with Crippen LogP contribution in [0.3, 0.4) is 0 Å². The van der Waals surface area contributed by atoms with Crippen LogP contribution in [0.5, 0.6) is 11.5 Å². The van der Waals surface area contributed by atoms with E-state index in [0.717, 1.165) is 18.7 Å². The molecule has 1 aromatic carbocycles. The molecule has 0 aliphatic carbocycles. The number of nitrogens with one attached hydrogen (secondary N) is 1. The Balaban J connectivity index is 2.03. The minimum atomic E-state index is 0.599. The van der Waals surface area contributed by atoms with Crippen LogP contribution in [0, 0.1) is 0 Å². The molecule has 0 spiro atoms. The number of ether oxygens (including phenoxy) is 2. The molecule has 0 atom stereocenters. The minimum absolute atomic E-state index is 0.599. The smallest absolute Gasteiger partial charge is 0.179 e. The maximum Gasteiger partial charge on any atom is 0.179 e. The minimum Gasteiger partial charge on any atom is -0.493 e. The fourth-order valence-corrected chi connectivity index (χ4v) is 2.62. The van der Waals surface area contributed by atoms with Crippen molar-refractivity contribution in [2.24, 2.45) is 0 Å². The summed E-state index contributed by atoms with van der Waals surface area (Å²) in [5.41, 5.74) is 4.44. The Morgan fingerprint density at radius 3 is 2.53 bits per heavy atom. The van der Waals surface area contributed by atoms with Crippen LogP contribution in [0.2, 0.25) is 5.02 Å². The lowest BCUT2D eigenvalue weighted by atomic mass is 10.1. The van der Waals surface area contributed by atoms with Crippen molar-refractivity contribution in [1.82, 2.24) is 10.4 Å². The van der Waals surface area contributed by atoms with Gasteiger partial charge in [-0.3, -0.25) is 5.43 Å². The van der Waals surface area contributed by atoms with Gasteiger partial charge in [0.1, 0.15) is 0 Å². The van der Waals surface area contributed by atoms with Crippen LogP contribution in [0.15, 0.2) is 12.1 Å². The zero-order valence-corrected chi connectivity index (χ0v) is 12.3. The van der Waals surface area contributed by atoms with Gasteiger partial charge in [0.15, 0.2) is 11.5 Å². The monoisotopic (exact) mass is 284 g/mol. The Kier molecular flexibility index (Phi) is 5.31. The van der Waals surface area contributed by atoms with Gasteiger partial charge in [-0.15, -0.1) is 0 Å². The maximum atomic E-state index is 6.35. The number of hydrogen-bond acceptors (Lipinski definition) is 4. The highest BCUT2D eigenvalue weighted by Gasteiger charge is 2.14. The molecular formula is C14H21ClN2O2. The number of nitrogens with zero attached hydrogens (tertiary/aromatic N) is 1. The van der Waals surface area contributed by atoms with E-state index in [4.69, 9.17) is 21.1 Å². The Morgan fingerprint density at radius 2 is 1.89 bits per heavy atom. The standard InChI is InChI=1S/C14H21ClN2O2/c1-18-12-7-6-11(13(15)14(12)19-2)10-16-17-8-4-3-5-9-17/h6-7,16H,3-5,8-10H2,1-2H3. The van der Waals surface area contributed by atoms with Crippen molar-refractivity contribution in [1.29, 1.82) is 0 Å². The summed E-state index contributed by atoms with van der Waals surface area (Å²) in [4.78, 5) is 0. The lowest BCUT2D eigenvalue weighted by Gasteiger charge is -2.27. The Morgan fingerprint density at radius 1 is 1.16 bits per heavy atom. The van der Waals surface area contributed by atoms with E-state index in [1.807, 2.05) is 12.1 Å². The predicted molar refractivity (Wildman–Crippen MR) is 76.8 cm³/mol. The summed E-state index contributed by atoms with van der Waals surface area (Å²) in [6, 6.07) is 3.86. The van der Waals surface area contributed by atoms with Gasteiger partial charge in [-0.05, 0) is 24.5 Å². The first-order valence-corrected chi connectivity index (χ1v) is 7.02. The second-order valence-corrected chi connectivity index (χ2v) is 5.03. The van der Waals surface area contributed by atoms with E-state index in [1.165, 1.54) is 19.3 Å². The molecule has 1 aliphatic heterocycles. The number of halogens is 1. The second-order valence-electron chi connectivity index (χ2n) is 4.66. The molecule has 4 nitrogen and oxygen atoms in total. The number of methoxy groups -OCH3 is 2. The molecule has 1 saturated heterocycles. The van der Waals surface area contributed by atoms with E-state index >= 15 is 0 Å². The van der Waals surface area contributed by atoms with E-state index in [0.29, 0.717) is 23.1 Å². The lowest BCUT2D eigenvalue weighted by Crippen LogP contribution is -2.41. The average Bonchev–Trinajstić information content (AvgIpc) is 2.46. The summed E-state index contributed by atoms with van der Waals surface area (Å²) in [5.74, 6) is 1.26. The van der Waals surface area contributed by atoms with Crippen LogP contribution in [0.4, 0.5) is 0 Å². The van der Waals surface area contributed by atoms with Gasteiger partial charge in [-0.1, -0.05) is 24.1 Å². The number of hydrogen-bond donors (Lipinski definition) is 1. The summed E-state index contributed by atoms with van der Waals surface area (Å²) in [7, 11) is 3.21. The highest BCUT2D eigenvalue weighted by molar-refractivity contribution is 6.33. The number of piperidine rings is 1. The topological polar surface area (TPSA) is 33.7 Å². The van der Waals surface area contributed by atoms with Gasteiger partial charge >= 0.3 is 0 Å². The van der Waals surface area contributed by atoms with E-state index in [9.17, 15) is 0 Å². The van der Waals surface area contributed by atoms with Gasteiger partial charge in [-0.2, -0.15) is 0 Å². The summed E-state index contributed by atoms with van der Waals surface area (Å²) in [6.07, 6.45) is 3.84. The van der Waals surface area contributed by atoms with E-state index in [2.05, 4.69) is 10.4 Å². The van der Waals surface area contributed by atoms with Crippen LogP contribution in [0.25, 0.3) is 0 Å². The van der Waals surface area contributed by atoms with Crippen molar-refractivity contribution in [2.45, 2.75) is 25.8 Å². The third kappa shape index (κ3) is 3.53. The number of rotatable bonds is 5. The fraction of sp³-hybridized carbons (Fsp3) is 0.571. The first-order chi connectivity index (χ1) is 9.26. The SMILES string of the molecule is COc1ccc(CNN2CCCCC2)c(Cl)c1OC. The molecule has 106 valence electrons. The maximum absolute atomic E-state index is 6.35. The lowest BCUT2D eigenvalue weighted by molar-refractivity contribution is 0.151. The highest BCUT2D eigenvalue weighted by atomic mass is 35.5. The van der Waals surface area contributed by atoms with Crippen molar-refractivity contribution in [3.05, 3.63) is 22.7 Å². The van der Waals surface area contributed by atoms with Crippen molar-refractivity contribution in [2.75, 3.05) is 27.3 Å². The third-order valence-corrected chi connectivity index (χ3v) is 3.83. The summed E-state index contributed by atoms with van der Waals surface area (Å²) < 4.78 is 10.5. The zero-order valence-electron chi connectivity index (χ0n) is 11.5. The van der Waals surface area contributed by atoms with Crippen LogP contribution >= 0.6 is 11.6 Å². The van der Waals surface area contributed by atoms with Crippen LogP contribution in [0.1, 0.15) is 24.8 Å². The molecule has 0 aromatic heterocycles. The molecule has 1 N–H and O–H groups in total. The Bertz CT molecular complexity index is 420. The molecule has 1 fully saturated rings. The van der Waals surface area contributed by atoms with Crippen LogP contribution in [-0.2, 0) is 6.54 Å². The first-order valence-electron chi connectivity index (χ1n) is 6.64. The Labute approximate surface area is 119 Å². The first kappa shape index (κ1) is 14.4. The molecule has 19 heavy (non-hydrogen) atoms. The molecule has 1 aromatic rings. The van der Waals surface area contributed by atoms with Crippen molar-refractivity contribution in [3.63, 3.8) is 0 Å². The summed E-state index contributed by atoms with van der Waals surface area (Å²) >= 11 is 6.35. The molecule has 0 saturated carbocycles. The Hall–Kier alpha value is -0.970. The van der Waals surface area contributed by atoms with Crippen LogP contribution < -0.4 is 14.9 Å². The second kappa shape index (κ2) is 6.98. The van der Waals surface area contributed by atoms with Crippen molar-refractivity contribution >= 4 is 11.6 Å². The van der Waals surface area contributed by atoms with Gasteiger partial charge in [0.25, 0.3) is 0 Å². The molecule has 0 bridgehead atoms. The number of hydrazine groups is 1. The summed E-state index contributed by atoms with van der Waals surface area (Å²) in [5, 5.41) is 2.88. The van der Waals surface area contributed by atoms with E-state index in [1.54, 1.807) is 14.2 Å². The van der Waals surface area contributed by atoms with Gasteiger partial charge in [0, 0.05) is 19.6 Å². The fourth-order valence-electron chi connectivity index (χ4n) is 2.32. The molecule has 0 radical (unpaired) electrons. The summed E-state index contributed by atoms with van der Waals surface area (Å²) in [6.45, 7) is 2.91. The zero-order chi connectivity index (χ0) is 13.7. The normalized spacial score (nSPS) is 16.4. The van der Waals surface area contributed by atoms with Crippen LogP contribution in [-0.4, -0.2) is 32.3 Å². The average molecular weight is 285 g/mol. The van der Waals surface area contributed by atoms with Gasteiger partial charge in [0.2, 0.25) is 0 Å². The van der Waals surface area contributed by atoms with Gasteiger partial charge in [0.05, 0.1) is 19.2 Å². The van der Waals surface area contributed by atoms with Gasteiger partial charge in [-0.25, -0.2) is 5.01 Å². The van der Waals surface area contributed by atoms with Crippen molar-refractivity contribution in [3.8, 4) is 11.5 Å². The van der Waals surface area contributed by atoms with Crippen molar-refractivity contribution < 1.29 is 9.47 Å². The molecule has 5 heteroatoms.